The van der Waals surface area contributed by atoms with Crippen molar-refractivity contribution >= 4 is 103 Å². The van der Waals surface area contributed by atoms with Gasteiger partial charge in [-0.05, 0) is 158 Å². The summed E-state index contributed by atoms with van der Waals surface area (Å²) in [5.74, 6) is -5.31. The molecule has 7 aromatic rings. The molecule has 4 saturated carbocycles. The van der Waals surface area contributed by atoms with E-state index in [9.17, 15) is 58.2 Å². The van der Waals surface area contributed by atoms with Gasteiger partial charge >= 0.3 is 24.1 Å². The summed E-state index contributed by atoms with van der Waals surface area (Å²) in [6.07, 6.45) is 10.2. The molecular formula is C75H86N12O14S. The molecule has 27 heteroatoms. The molecule has 4 aromatic carbocycles. The number of ether oxygens (including phenoxy) is 2. The first-order chi connectivity index (χ1) is 48.7. The number of hydrogen-bond acceptors (Lipinski definition) is 16. The Morgan fingerprint density at radius 3 is 2.21 bits per heavy atom. The van der Waals surface area contributed by atoms with Crippen LogP contribution in [0.1, 0.15) is 143 Å². The van der Waals surface area contributed by atoms with Gasteiger partial charge in [0.1, 0.15) is 18.7 Å². The number of para-hydroxylation sites is 1. The first-order valence-corrected chi connectivity index (χ1v) is 35.3. The topological polar surface area (TPSA) is 366 Å². The Bertz CT molecular complexity index is 4360. The first-order valence-electron chi connectivity index (χ1n) is 34.5. The van der Waals surface area contributed by atoms with Crippen LogP contribution in [0.25, 0.3) is 43.4 Å². The zero-order valence-electron chi connectivity index (χ0n) is 57.8. The fraction of sp³-hybridized carbons (Fsp3) is 0.427. The molecule has 9 N–H and O–H groups in total. The zero-order chi connectivity index (χ0) is 72.7. The lowest BCUT2D eigenvalue weighted by molar-refractivity contribution is -0.248. The molecule has 3 aromatic heterocycles. The van der Waals surface area contributed by atoms with Gasteiger partial charge in [-0.25, -0.2) is 24.4 Å². The number of pyridine rings is 1. The summed E-state index contributed by atoms with van der Waals surface area (Å²) in [7, 11) is 0. The Morgan fingerprint density at radius 1 is 0.755 bits per heavy atom. The minimum absolute atomic E-state index is 0.0537. The second kappa shape index (κ2) is 30.8. The number of rotatable bonds is 32. The molecule has 536 valence electrons. The van der Waals surface area contributed by atoms with Crippen molar-refractivity contribution in [2.75, 3.05) is 43.4 Å². The monoisotopic (exact) mass is 1410 g/mol. The highest BCUT2D eigenvalue weighted by molar-refractivity contribution is 7.22. The van der Waals surface area contributed by atoms with Gasteiger partial charge in [0, 0.05) is 84.9 Å². The largest absolute Gasteiger partial charge is 0.481 e. The van der Waals surface area contributed by atoms with Gasteiger partial charge in [0.2, 0.25) is 17.7 Å². The average Bonchev–Trinajstić information content (AvgIpc) is 0.790. The van der Waals surface area contributed by atoms with Crippen LogP contribution in [0, 0.1) is 29.1 Å². The molecule has 4 bridgehead atoms. The zero-order valence-corrected chi connectivity index (χ0v) is 58.6. The Hall–Kier alpha value is -10.4. The van der Waals surface area contributed by atoms with E-state index >= 15 is 0 Å². The number of nitrogens with two attached hydrogens (primary N) is 1. The predicted molar refractivity (Wildman–Crippen MR) is 382 cm³/mol. The van der Waals surface area contributed by atoms with E-state index in [0.717, 1.165) is 58.3 Å². The number of nitrogens with one attached hydrogen (secondary N) is 5. The SMILES string of the molecule is Cc1c(-c2ccc(-c3ccc4cccc(C(=O)Nc5nc6ccccc6s5)c4c3)nc2C(=O)O)cnn1CC12CC3(C)CC(C)(C1)CC(OCCN(CCC(=O)O)C(=O)OCc1ccc(NC(=O)[C@H](CCCNC(N)=O)NC(=O)C(NC(=O)CCCCCN4C(=O)C=CC4=O)C(C)C)cc1)(C3)C2. The summed E-state index contributed by atoms with van der Waals surface area (Å²) in [4.78, 5) is 140. The molecule has 1 aliphatic heterocycles. The van der Waals surface area contributed by atoms with Crippen LogP contribution in [0.15, 0.2) is 115 Å². The molecule has 102 heavy (non-hydrogen) atoms. The summed E-state index contributed by atoms with van der Waals surface area (Å²) >= 11 is 1.38. The van der Waals surface area contributed by atoms with E-state index in [2.05, 4.69) is 45.4 Å². The van der Waals surface area contributed by atoms with Crippen molar-refractivity contribution in [3.63, 3.8) is 0 Å². The van der Waals surface area contributed by atoms with E-state index < -0.39 is 53.6 Å². The van der Waals surface area contributed by atoms with Crippen LogP contribution in [-0.4, -0.2) is 150 Å². The molecule has 3 unspecified atom stereocenters. The molecule has 12 rings (SSSR count). The Balaban J connectivity index is 0.700. The average molecular weight is 1410 g/mol. The first kappa shape index (κ1) is 72.8. The summed E-state index contributed by atoms with van der Waals surface area (Å²) in [6, 6.07) is 25.9. The number of carbonyl (C=O) groups excluding carboxylic acids is 8. The number of primary amides is 1. The van der Waals surface area contributed by atoms with Gasteiger partial charge in [-0.1, -0.05) is 94.0 Å². The number of fused-ring (bicyclic) bond motifs is 2. The third-order valence-corrected chi connectivity index (χ3v) is 20.8. The highest BCUT2D eigenvalue weighted by Gasteiger charge is 2.66. The van der Waals surface area contributed by atoms with Gasteiger partial charge in [-0.2, -0.15) is 5.10 Å². The number of aromatic nitrogens is 4. The maximum atomic E-state index is 13.9. The minimum Gasteiger partial charge on any atom is -0.481 e. The van der Waals surface area contributed by atoms with E-state index in [0.29, 0.717) is 81.9 Å². The van der Waals surface area contributed by atoms with E-state index in [1.165, 1.54) is 28.4 Å². The smallest absolute Gasteiger partial charge is 0.410 e. The molecule has 4 atom stereocenters. The molecule has 4 fully saturated rings. The van der Waals surface area contributed by atoms with Crippen LogP contribution in [0.4, 0.5) is 20.4 Å². The highest BCUT2D eigenvalue weighted by atomic mass is 32.1. The molecule has 26 nitrogen and oxygen atoms in total. The number of amides is 9. The van der Waals surface area contributed by atoms with Gasteiger partial charge in [0.25, 0.3) is 17.7 Å². The Kier molecular flexibility index (Phi) is 22.0. The minimum atomic E-state index is -1.21. The standard InChI is InChI=1S/C75H86N12O14S/c1-45(2)63(83-59(88)18-7-6-10-31-86-60(89)27-28-61(86)90)67(95)81-57(16-12-30-77-69(76)98)66(94)79-50-23-19-47(20-24-50)37-100-71(99)85(32-29-62(91)92)33-34-101-75-41-72(4)38-73(5,42-75)40-74(39-72,43-75)44-87-46(3)54(36-78-87)51-25-26-55(80-64(51)68(96)97)49-22-21-48-13-11-14-52(53(48)35-49)65(93)84-70-82-56-15-8-9-17-58(56)102-70/h8-9,11,13-15,17,19-28,35-36,45,57,63H,6-7,10,12,16,18,29-34,37-44H2,1-5H3,(H,79,94)(H,81,95)(H,83,88)(H,91,92)(H,96,97)(H3,76,77,98)(H,82,84,93)/t57-,63?,72?,73?,74?,75?/m0/s1. The number of carboxylic acid groups (broad SMARTS) is 2. The van der Waals surface area contributed by atoms with Gasteiger partial charge < -0.3 is 51.6 Å². The number of unbranched alkanes of at least 4 members (excludes halogenated alkanes) is 2. The molecule has 9 amide bonds. The maximum Gasteiger partial charge on any atom is 0.410 e. The molecule has 4 aliphatic carbocycles. The predicted octanol–water partition coefficient (Wildman–Crippen LogP) is 10.4. The van der Waals surface area contributed by atoms with E-state index in [1.807, 2.05) is 66.2 Å². The van der Waals surface area contributed by atoms with Gasteiger partial charge in [0.15, 0.2) is 10.8 Å². The van der Waals surface area contributed by atoms with Gasteiger partial charge in [-0.3, -0.25) is 48.5 Å². The fourth-order valence-corrected chi connectivity index (χ4v) is 17.2. The number of thiazole rings is 1. The lowest BCUT2D eigenvalue weighted by Gasteiger charge is -2.69. The summed E-state index contributed by atoms with van der Waals surface area (Å²) in [6.45, 7) is 10.8. The van der Waals surface area contributed by atoms with Crippen molar-refractivity contribution in [1.29, 1.82) is 0 Å². The normalized spacial score (nSPS) is 20.2. The Morgan fingerprint density at radius 2 is 1.50 bits per heavy atom. The second-order valence-corrected chi connectivity index (χ2v) is 29.8. The summed E-state index contributed by atoms with van der Waals surface area (Å²) in [5.41, 5.74) is 9.13. The number of aliphatic carboxylic acids is 1. The van der Waals surface area contributed by atoms with Crippen molar-refractivity contribution in [3.8, 4) is 22.4 Å². The van der Waals surface area contributed by atoms with Crippen LogP contribution in [0.2, 0.25) is 0 Å². The number of nitrogens with zero attached hydrogens (tertiary/aromatic N) is 6. The molecule has 4 heterocycles. The number of urea groups is 1. The van der Waals surface area contributed by atoms with Crippen LogP contribution in [0.5, 0.6) is 0 Å². The van der Waals surface area contributed by atoms with Crippen molar-refractivity contribution < 1.29 is 67.6 Å². The van der Waals surface area contributed by atoms with Gasteiger partial charge in [0.05, 0.1) is 40.7 Å². The summed E-state index contributed by atoms with van der Waals surface area (Å²) < 4.78 is 15.7. The molecular weight excluding hydrogens is 1320 g/mol. The fourth-order valence-electron chi connectivity index (χ4n) is 16.3. The molecule has 0 saturated heterocycles. The van der Waals surface area contributed by atoms with Crippen molar-refractivity contribution in [2.24, 2.45) is 27.9 Å². The molecule has 0 spiro atoms. The van der Waals surface area contributed by atoms with Crippen molar-refractivity contribution in [2.45, 2.75) is 149 Å². The van der Waals surface area contributed by atoms with Gasteiger partial charge in [-0.15, -0.1) is 0 Å². The van der Waals surface area contributed by atoms with E-state index in [4.69, 9.17) is 25.3 Å². The number of aromatic carboxylic acids is 1. The highest BCUT2D eigenvalue weighted by Crippen LogP contribution is 2.72. The molecule has 0 radical (unpaired) electrons. The second-order valence-electron chi connectivity index (χ2n) is 28.7. The molecule has 5 aliphatic rings. The maximum absolute atomic E-state index is 13.9. The quantitative estimate of drug-likeness (QED) is 0.0143. The lowest BCUT2D eigenvalue weighted by Crippen LogP contribution is -2.64. The third kappa shape index (κ3) is 17.3. The van der Waals surface area contributed by atoms with Crippen LogP contribution in [-0.2, 0) is 51.4 Å². The van der Waals surface area contributed by atoms with E-state index in [-0.39, 0.29) is 117 Å². The third-order valence-electron chi connectivity index (χ3n) is 19.8. The van der Waals surface area contributed by atoms with Crippen molar-refractivity contribution in [1.82, 2.24) is 45.5 Å². The number of carboxylic acids is 2. The number of hydrogen-bond donors (Lipinski definition) is 8. The van der Waals surface area contributed by atoms with Crippen LogP contribution in [0.3, 0.4) is 0 Å². The Labute approximate surface area is 593 Å². The van der Waals surface area contributed by atoms with Crippen LogP contribution < -0.4 is 32.3 Å². The number of imide groups is 1. The summed E-state index contributed by atoms with van der Waals surface area (Å²) in [5, 5.41) is 41.2. The van der Waals surface area contributed by atoms with Crippen LogP contribution >= 0.6 is 11.3 Å². The lowest BCUT2D eigenvalue weighted by atomic mass is 9.39. The van der Waals surface area contributed by atoms with Crippen molar-refractivity contribution in [3.05, 3.63) is 138 Å². The number of benzene rings is 4. The van der Waals surface area contributed by atoms with E-state index in [1.54, 1.807) is 62.5 Å². The number of anilines is 2. The number of carbonyl (C=O) groups is 10.